The molecule has 0 aliphatic carbocycles. The molecule has 0 fully saturated rings. The van der Waals surface area contributed by atoms with Crippen molar-refractivity contribution in [1.29, 1.82) is 0 Å². The number of alkyl halides is 3. The maximum Gasteiger partial charge on any atom is 0.433 e. The fourth-order valence-corrected chi connectivity index (χ4v) is 4.86. The Morgan fingerprint density at radius 2 is 1.74 bits per heavy atom. The maximum atomic E-state index is 14.0. The van der Waals surface area contributed by atoms with E-state index in [4.69, 9.17) is 26.5 Å². The van der Waals surface area contributed by atoms with Gasteiger partial charge in [-0.1, -0.05) is 56.1 Å². The third-order valence-electron chi connectivity index (χ3n) is 6.61. The third kappa shape index (κ3) is 6.72. The van der Waals surface area contributed by atoms with Gasteiger partial charge in [0.2, 0.25) is 11.8 Å². The van der Waals surface area contributed by atoms with Gasteiger partial charge < -0.3 is 14.9 Å². The lowest BCUT2D eigenvalue weighted by Crippen LogP contribution is -2.41. The molecule has 2 heterocycles. The molecule has 3 rings (SSSR count). The number of carbonyl (C=O) groups excluding carboxylic acids is 1. The standard InChI is InChI=1S/C27H31ClF3N3O3Si/c1-16-7-8-18(23-19(25(32)35)9-10-33-24(23)27(29,30)31)20(13-16)17-14-21(28)34-22(15-17)36-11-12-37-38(5,6)26(2,3)4/h7-10,13-15H,11-12H2,1-6H3,(H2,32,35). The van der Waals surface area contributed by atoms with Crippen LogP contribution in [0.1, 0.15) is 42.4 Å². The van der Waals surface area contributed by atoms with Gasteiger partial charge in [-0.05, 0) is 53.9 Å². The SMILES string of the molecule is Cc1ccc(-c2c(C(N)=O)ccnc2C(F)(F)F)c(-c2cc(Cl)nc(OCCO[Si](C)(C)C(C)(C)C)c2)c1. The van der Waals surface area contributed by atoms with Crippen LogP contribution in [-0.4, -0.2) is 37.4 Å². The second-order valence-electron chi connectivity index (χ2n) is 10.5. The van der Waals surface area contributed by atoms with Gasteiger partial charge in [-0.25, -0.2) is 4.98 Å². The highest BCUT2D eigenvalue weighted by atomic mass is 35.5. The second kappa shape index (κ2) is 11.0. The number of nitrogens with two attached hydrogens (primary N) is 1. The van der Waals surface area contributed by atoms with Crippen LogP contribution in [0.4, 0.5) is 13.2 Å². The predicted octanol–water partition coefficient (Wildman–Crippen LogP) is 7.29. The molecular formula is C27H31ClF3N3O3Si. The Hall–Kier alpha value is -2.95. The van der Waals surface area contributed by atoms with Crippen LogP contribution in [0.25, 0.3) is 22.3 Å². The van der Waals surface area contributed by atoms with Crippen LogP contribution in [0.5, 0.6) is 5.88 Å². The first-order valence-corrected chi connectivity index (χ1v) is 15.2. The summed E-state index contributed by atoms with van der Waals surface area (Å²) in [5, 5.41) is 0.133. The summed E-state index contributed by atoms with van der Waals surface area (Å²) in [5.74, 6) is -0.811. The molecule has 0 aliphatic rings. The quantitative estimate of drug-likeness (QED) is 0.176. The van der Waals surface area contributed by atoms with Crippen LogP contribution in [0.15, 0.2) is 42.6 Å². The van der Waals surface area contributed by atoms with Gasteiger partial charge in [-0.3, -0.25) is 9.78 Å². The van der Waals surface area contributed by atoms with Crippen LogP contribution < -0.4 is 10.5 Å². The van der Waals surface area contributed by atoms with Crippen LogP contribution in [0.3, 0.4) is 0 Å². The van der Waals surface area contributed by atoms with Crippen molar-refractivity contribution in [2.75, 3.05) is 13.2 Å². The van der Waals surface area contributed by atoms with E-state index in [1.165, 1.54) is 18.2 Å². The van der Waals surface area contributed by atoms with E-state index in [-0.39, 0.29) is 33.8 Å². The lowest BCUT2D eigenvalue weighted by molar-refractivity contribution is -0.140. The first-order chi connectivity index (χ1) is 17.5. The molecule has 0 aliphatic heterocycles. The van der Waals surface area contributed by atoms with E-state index >= 15 is 0 Å². The molecule has 2 aromatic heterocycles. The minimum absolute atomic E-state index is 0.0430. The van der Waals surface area contributed by atoms with Crippen molar-refractivity contribution >= 4 is 25.8 Å². The van der Waals surface area contributed by atoms with Crippen LogP contribution in [-0.2, 0) is 10.6 Å². The number of hydrogen-bond donors (Lipinski definition) is 1. The Balaban J connectivity index is 2.05. The molecule has 11 heteroatoms. The molecule has 0 unspecified atom stereocenters. The van der Waals surface area contributed by atoms with Crippen LogP contribution >= 0.6 is 11.6 Å². The van der Waals surface area contributed by atoms with Gasteiger partial charge in [0, 0.05) is 17.8 Å². The zero-order chi connectivity index (χ0) is 28.5. The summed E-state index contributed by atoms with van der Waals surface area (Å²) in [6, 6.07) is 9.13. The predicted molar refractivity (Wildman–Crippen MR) is 145 cm³/mol. The van der Waals surface area contributed by atoms with E-state index in [9.17, 15) is 18.0 Å². The van der Waals surface area contributed by atoms with Crippen molar-refractivity contribution in [3.8, 4) is 28.1 Å². The summed E-state index contributed by atoms with van der Waals surface area (Å²) in [5.41, 5.74) is 5.30. The molecule has 1 aromatic carbocycles. The monoisotopic (exact) mass is 565 g/mol. The van der Waals surface area contributed by atoms with E-state index in [0.29, 0.717) is 17.7 Å². The molecule has 2 N–H and O–H groups in total. The number of amides is 1. The number of carbonyl (C=O) groups is 1. The minimum Gasteiger partial charge on any atom is -0.475 e. The van der Waals surface area contributed by atoms with E-state index in [1.54, 1.807) is 25.1 Å². The fraction of sp³-hybridized carbons (Fsp3) is 0.370. The van der Waals surface area contributed by atoms with Crippen molar-refractivity contribution < 1.29 is 27.1 Å². The topological polar surface area (TPSA) is 87.3 Å². The van der Waals surface area contributed by atoms with E-state index < -0.39 is 31.7 Å². The van der Waals surface area contributed by atoms with E-state index in [0.717, 1.165) is 11.8 Å². The highest BCUT2D eigenvalue weighted by Gasteiger charge is 2.38. The van der Waals surface area contributed by atoms with Gasteiger partial charge in [-0.2, -0.15) is 13.2 Å². The summed E-state index contributed by atoms with van der Waals surface area (Å²) in [6.07, 6.45) is -3.90. The number of pyridine rings is 2. The normalized spacial score (nSPS) is 12.5. The second-order valence-corrected chi connectivity index (χ2v) is 15.7. The average Bonchev–Trinajstić information content (AvgIpc) is 2.79. The van der Waals surface area contributed by atoms with Crippen molar-refractivity contribution in [2.45, 2.75) is 52.0 Å². The number of ether oxygens (including phenoxy) is 1. The molecular weight excluding hydrogens is 535 g/mol. The Labute approximate surface area is 226 Å². The summed E-state index contributed by atoms with van der Waals surface area (Å²) in [6.45, 7) is 13.1. The number of aromatic nitrogens is 2. The van der Waals surface area contributed by atoms with Crippen molar-refractivity contribution in [2.24, 2.45) is 5.73 Å². The van der Waals surface area contributed by atoms with Gasteiger partial charge in [0.1, 0.15) is 11.8 Å². The molecule has 6 nitrogen and oxygen atoms in total. The lowest BCUT2D eigenvalue weighted by Gasteiger charge is -2.36. The molecule has 1 amide bonds. The smallest absolute Gasteiger partial charge is 0.433 e. The summed E-state index contributed by atoms with van der Waals surface area (Å²) >= 11 is 6.29. The molecule has 38 heavy (non-hydrogen) atoms. The molecule has 0 saturated heterocycles. The summed E-state index contributed by atoms with van der Waals surface area (Å²) < 4.78 is 53.9. The minimum atomic E-state index is -4.82. The zero-order valence-electron chi connectivity index (χ0n) is 22.2. The van der Waals surface area contributed by atoms with Gasteiger partial charge in [0.15, 0.2) is 14.0 Å². The number of hydrogen-bond acceptors (Lipinski definition) is 5. The third-order valence-corrected chi connectivity index (χ3v) is 11.3. The molecule has 0 bridgehead atoms. The number of benzene rings is 1. The Kier molecular flexibility index (Phi) is 8.60. The van der Waals surface area contributed by atoms with Gasteiger partial charge in [-0.15, -0.1) is 0 Å². The van der Waals surface area contributed by atoms with Crippen molar-refractivity contribution in [1.82, 2.24) is 9.97 Å². The molecule has 204 valence electrons. The Bertz CT molecular complexity index is 1340. The Morgan fingerprint density at radius 1 is 1.05 bits per heavy atom. The average molecular weight is 566 g/mol. The molecule has 0 saturated carbocycles. The number of primary amides is 1. The van der Waals surface area contributed by atoms with E-state index in [2.05, 4.69) is 43.8 Å². The van der Waals surface area contributed by atoms with Gasteiger partial charge >= 0.3 is 6.18 Å². The lowest BCUT2D eigenvalue weighted by atomic mass is 9.89. The maximum absolute atomic E-state index is 14.0. The van der Waals surface area contributed by atoms with Gasteiger partial charge in [0.05, 0.1) is 12.2 Å². The highest BCUT2D eigenvalue weighted by Crippen LogP contribution is 2.42. The fourth-order valence-electron chi connectivity index (χ4n) is 3.63. The number of halogens is 4. The molecule has 0 radical (unpaired) electrons. The zero-order valence-corrected chi connectivity index (χ0v) is 23.9. The summed E-state index contributed by atoms with van der Waals surface area (Å²) in [7, 11) is -1.97. The number of nitrogens with zero attached hydrogens (tertiary/aromatic N) is 2. The van der Waals surface area contributed by atoms with Crippen LogP contribution in [0.2, 0.25) is 23.3 Å². The Morgan fingerprint density at radius 3 is 2.34 bits per heavy atom. The van der Waals surface area contributed by atoms with Crippen molar-refractivity contribution in [3.05, 3.63) is 64.6 Å². The molecule has 0 atom stereocenters. The van der Waals surface area contributed by atoms with E-state index in [1.807, 2.05) is 0 Å². The van der Waals surface area contributed by atoms with Gasteiger partial charge in [0.25, 0.3) is 0 Å². The van der Waals surface area contributed by atoms with Crippen molar-refractivity contribution in [3.63, 3.8) is 0 Å². The summed E-state index contributed by atoms with van der Waals surface area (Å²) in [4.78, 5) is 19.9. The highest BCUT2D eigenvalue weighted by molar-refractivity contribution is 6.74. The first kappa shape index (κ1) is 29.6. The largest absolute Gasteiger partial charge is 0.475 e. The molecule has 3 aromatic rings. The molecule has 0 spiro atoms. The number of rotatable bonds is 8. The first-order valence-electron chi connectivity index (χ1n) is 11.9. The van der Waals surface area contributed by atoms with Crippen LogP contribution in [0, 0.1) is 6.92 Å². The number of aryl methyl sites for hydroxylation is 1.